The van der Waals surface area contributed by atoms with Gasteiger partial charge in [0.2, 0.25) is 5.91 Å². The van der Waals surface area contributed by atoms with Crippen molar-refractivity contribution in [3.63, 3.8) is 0 Å². The number of carbonyl (C=O) groups excluding carboxylic acids is 2. The maximum absolute atomic E-state index is 13.3. The van der Waals surface area contributed by atoms with Gasteiger partial charge in [0.05, 0.1) is 34.8 Å². The van der Waals surface area contributed by atoms with Gasteiger partial charge in [0.1, 0.15) is 6.10 Å². The van der Waals surface area contributed by atoms with Crippen LogP contribution in [0.5, 0.6) is 0 Å². The molecule has 1 saturated heterocycles. The highest BCUT2D eigenvalue weighted by molar-refractivity contribution is 7.22. The Morgan fingerprint density at radius 3 is 2.83 bits per heavy atom. The average Bonchev–Trinajstić information content (AvgIpc) is 3.46. The number of ether oxygens (including phenoxy) is 2. The van der Waals surface area contributed by atoms with Gasteiger partial charge >= 0.3 is 5.97 Å². The molecule has 2 aliphatic heterocycles. The Kier molecular flexibility index (Phi) is 4.77. The number of para-hydroxylation sites is 1. The largest absolute Gasteiger partial charge is 0.453 e. The standard InChI is InChI=1S/C22H20N2O4S/c25-20(12-18-15-7-1-2-8-16(15)21(26)28-18)24(13-14-6-5-11-27-14)22-23-17-9-3-4-10-19(17)29-22/h1-4,7-10,14,18H,5-6,11-13H2/t14-,18+/m1/s1. The summed E-state index contributed by atoms with van der Waals surface area (Å²) in [6.45, 7) is 1.18. The number of amides is 1. The van der Waals surface area contributed by atoms with Crippen molar-refractivity contribution in [2.45, 2.75) is 31.5 Å². The Morgan fingerprint density at radius 2 is 2.00 bits per heavy atom. The monoisotopic (exact) mass is 408 g/mol. The van der Waals surface area contributed by atoms with Crippen molar-refractivity contribution in [1.82, 2.24) is 4.98 Å². The van der Waals surface area contributed by atoms with Crippen LogP contribution < -0.4 is 4.90 Å². The van der Waals surface area contributed by atoms with Crippen LogP contribution >= 0.6 is 11.3 Å². The molecule has 1 fully saturated rings. The lowest BCUT2D eigenvalue weighted by Crippen LogP contribution is -2.38. The molecular weight excluding hydrogens is 388 g/mol. The van der Waals surface area contributed by atoms with Crippen LogP contribution in [0.1, 0.15) is 41.3 Å². The van der Waals surface area contributed by atoms with E-state index in [4.69, 9.17) is 9.47 Å². The van der Waals surface area contributed by atoms with Crippen LogP contribution in [-0.2, 0) is 14.3 Å². The fraction of sp³-hybridized carbons (Fsp3) is 0.318. The van der Waals surface area contributed by atoms with E-state index < -0.39 is 6.10 Å². The number of aromatic nitrogens is 1. The van der Waals surface area contributed by atoms with Gasteiger partial charge in [-0.05, 0) is 31.0 Å². The molecule has 6 nitrogen and oxygen atoms in total. The van der Waals surface area contributed by atoms with Gasteiger partial charge in [-0.25, -0.2) is 9.78 Å². The lowest BCUT2D eigenvalue weighted by Gasteiger charge is -2.24. The van der Waals surface area contributed by atoms with E-state index >= 15 is 0 Å². The van der Waals surface area contributed by atoms with Crippen molar-refractivity contribution in [3.05, 3.63) is 59.7 Å². The summed E-state index contributed by atoms with van der Waals surface area (Å²) in [5.74, 6) is -0.488. The van der Waals surface area contributed by atoms with Crippen LogP contribution in [0.25, 0.3) is 10.2 Å². The Morgan fingerprint density at radius 1 is 1.17 bits per heavy atom. The van der Waals surface area contributed by atoms with Gasteiger partial charge in [0.25, 0.3) is 0 Å². The number of rotatable bonds is 5. The van der Waals surface area contributed by atoms with Gasteiger partial charge in [-0.2, -0.15) is 0 Å². The van der Waals surface area contributed by atoms with E-state index in [0.717, 1.165) is 35.2 Å². The van der Waals surface area contributed by atoms with Crippen molar-refractivity contribution in [1.29, 1.82) is 0 Å². The summed E-state index contributed by atoms with van der Waals surface area (Å²) in [5.41, 5.74) is 2.18. The van der Waals surface area contributed by atoms with E-state index in [-0.39, 0.29) is 24.4 Å². The molecule has 1 aromatic heterocycles. The second-order valence-electron chi connectivity index (χ2n) is 7.29. The molecule has 0 unspecified atom stereocenters. The zero-order chi connectivity index (χ0) is 19.8. The van der Waals surface area contributed by atoms with Gasteiger partial charge in [-0.15, -0.1) is 0 Å². The van der Waals surface area contributed by atoms with Crippen LogP contribution in [-0.4, -0.2) is 36.1 Å². The number of cyclic esters (lactones) is 1. The zero-order valence-corrected chi connectivity index (χ0v) is 16.6. The molecule has 0 spiro atoms. The summed E-state index contributed by atoms with van der Waals surface area (Å²) in [5, 5.41) is 0.657. The molecule has 3 heterocycles. The molecule has 2 aliphatic rings. The van der Waals surface area contributed by atoms with Crippen LogP contribution in [0, 0.1) is 0 Å². The first-order valence-electron chi connectivity index (χ1n) is 9.76. The number of nitrogens with zero attached hydrogens (tertiary/aromatic N) is 2. The summed E-state index contributed by atoms with van der Waals surface area (Å²) in [4.78, 5) is 31.8. The van der Waals surface area contributed by atoms with Crippen LogP contribution in [0.15, 0.2) is 48.5 Å². The molecule has 7 heteroatoms. The summed E-state index contributed by atoms with van der Waals surface area (Å²) in [6.07, 6.45) is 1.46. The summed E-state index contributed by atoms with van der Waals surface area (Å²) in [7, 11) is 0. The predicted octanol–water partition coefficient (Wildman–Crippen LogP) is 4.11. The van der Waals surface area contributed by atoms with Crippen molar-refractivity contribution >= 4 is 38.6 Å². The van der Waals surface area contributed by atoms with Gasteiger partial charge < -0.3 is 9.47 Å². The van der Waals surface area contributed by atoms with E-state index in [2.05, 4.69) is 4.98 Å². The number of anilines is 1. The molecule has 0 radical (unpaired) electrons. The maximum Gasteiger partial charge on any atom is 0.339 e. The highest BCUT2D eigenvalue weighted by Crippen LogP contribution is 2.35. The van der Waals surface area contributed by atoms with Crippen molar-refractivity contribution in [2.75, 3.05) is 18.1 Å². The molecule has 2 aromatic carbocycles. The lowest BCUT2D eigenvalue weighted by atomic mass is 10.0. The van der Waals surface area contributed by atoms with Gasteiger partial charge in [0.15, 0.2) is 5.13 Å². The van der Waals surface area contributed by atoms with Crippen LogP contribution in [0.4, 0.5) is 5.13 Å². The normalized spacial score (nSPS) is 20.6. The number of thiazole rings is 1. The Labute approximate surface area is 172 Å². The molecule has 2 atom stereocenters. The Balaban J connectivity index is 1.42. The third kappa shape index (κ3) is 3.52. The third-order valence-corrected chi connectivity index (χ3v) is 6.42. The molecule has 3 aromatic rings. The van der Waals surface area contributed by atoms with Crippen LogP contribution in [0.3, 0.4) is 0 Å². The maximum atomic E-state index is 13.3. The minimum Gasteiger partial charge on any atom is -0.453 e. The van der Waals surface area contributed by atoms with E-state index in [1.54, 1.807) is 17.0 Å². The minimum atomic E-state index is -0.562. The lowest BCUT2D eigenvalue weighted by molar-refractivity contribution is -0.120. The fourth-order valence-electron chi connectivity index (χ4n) is 3.89. The average molecular weight is 408 g/mol. The first kappa shape index (κ1) is 18.3. The number of hydrogen-bond donors (Lipinski definition) is 0. The number of carbonyl (C=O) groups is 2. The quantitative estimate of drug-likeness (QED) is 0.594. The Bertz CT molecular complexity index is 1040. The first-order valence-corrected chi connectivity index (χ1v) is 10.6. The molecule has 5 rings (SSSR count). The van der Waals surface area contributed by atoms with E-state index in [9.17, 15) is 9.59 Å². The summed E-state index contributed by atoms with van der Waals surface area (Å²) >= 11 is 1.49. The van der Waals surface area contributed by atoms with Gasteiger partial charge in [-0.3, -0.25) is 9.69 Å². The summed E-state index contributed by atoms with van der Waals surface area (Å²) in [6, 6.07) is 15.1. The highest BCUT2D eigenvalue weighted by Gasteiger charge is 2.35. The topological polar surface area (TPSA) is 68.7 Å². The third-order valence-electron chi connectivity index (χ3n) is 5.36. The number of fused-ring (bicyclic) bond motifs is 2. The molecular formula is C22H20N2O4S. The smallest absolute Gasteiger partial charge is 0.339 e. The molecule has 148 valence electrons. The number of hydrogen-bond acceptors (Lipinski definition) is 6. The number of esters is 1. The molecule has 0 bridgehead atoms. The number of benzene rings is 2. The first-order chi connectivity index (χ1) is 14.2. The second-order valence-corrected chi connectivity index (χ2v) is 8.30. The Hall–Kier alpha value is -2.77. The SMILES string of the molecule is O=C1O[C@@H](CC(=O)N(C[C@H]2CCCO2)c2nc3ccccc3s2)c2ccccc21. The molecule has 29 heavy (non-hydrogen) atoms. The van der Waals surface area contributed by atoms with Crippen LogP contribution in [0.2, 0.25) is 0 Å². The predicted molar refractivity (Wildman–Crippen MR) is 110 cm³/mol. The molecule has 0 aliphatic carbocycles. The fourth-order valence-corrected chi connectivity index (χ4v) is 4.89. The minimum absolute atomic E-state index is 0.00405. The molecule has 1 amide bonds. The summed E-state index contributed by atoms with van der Waals surface area (Å²) < 4.78 is 12.3. The van der Waals surface area contributed by atoms with E-state index in [0.29, 0.717) is 17.2 Å². The van der Waals surface area contributed by atoms with E-state index in [1.165, 1.54) is 11.3 Å². The van der Waals surface area contributed by atoms with E-state index in [1.807, 2.05) is 36.4 Å². The van der Waals surface area contributed by atoms with Crippen molar-refractivity contribution in [2.24, 2.45) is 0 Å². The van der Waals surface area contributed by atoms with Crippen molar-refractivity contribution in [3.8, 4) is 0 Å². The van der Waals surface area contributed by atoms with Gasteiger partial charge in [-0.1, -0.05) is 41.7 Å². The second kappa shape index (κ2) is 7.57. The molecule has 0 saturated carbocycles. The highest BCUT2D eigenvalue weighted by atomic mass is 32.1. The zero-order valence-electron chi connectivity index (χ0n) is 15.7. The van der Waals surface area contributed by atoms with Gasteiger partial charge in [0, 0.05) is 12.2 Å². The van der Waals surface area contributed by atoms with Crippen molar-refractivity contribution < 1.29 is 19.1 Å². The molecule has 0 N–H and O–H groups in total.